The summed E-state index contributed by atoms with van der Waals surface area (Å²) in [5, 5.41) is 4.12. The molecule has 1 unspecified atom stereocenters. The number of para-hydroxylation sites is 1. The van der Waals surface area contributed by atoms with Gasteiger partial charge in [-0.15, -0.1) is 0 Å². The average molecular weight is 520 g/mol. The van der Waals surface area contributed by atoms with Crippen LogP contribution < -0.4 is 5.32 Å². The Morgan fingerprint density at radius 2 is 1.68 bits per heavy atom. The molecule has 2 N–H and O–H groups in total. The summed E-state index contributed by atoms with van der Waals surface area (Å²) in [6.45, 7) is 0. The van der Waals surface area contributed by atoms with Crippen LogP contribution in [-0.4, -0.2) is 25.8 Å². The molecular formula is C33H21N5O2. The van der Waals surface area contributed by atoms with Crippen LogP contribution in [0.15, 0.2) is 114 Å². The lowest BCUT2D eigenvalue weighted by Gasteiger charge is -2.17. The Balaban J connectivity index is 1.25. The molecule has 0 fully saturated rings. The fourth-order valence-electron chi connectivity index (χ4n) is 5.72. The van der Waals surface area contributed by atoms with E-state index in [1.54, 1.807) is 24.7 Å². The van der Waals surface area contributed by atoms with Gasteiger partial charge in [0.15, 0.2) is 5.76 Å². The van der Waals surface area contributed by atoms with Crippen LogP contribution >= 0.6 is 0 Å². The Bertz CT molecular complexity index is 2040. The van der Waals surface area contributed by atoms with Gasteiger partial charge < -0.3 is 14.7 Å². The molecule has 0 saturated heterocycles. The van der Waals surface area contributed by atoms with E-state index in [0.29, 0.717) is 17.0 Å². The molecule has 0 bridgehead atoms. The van der Waals surface area contributed by atoms with Crippen molar-refractivity contribution in [3.05, 3.63) is 126 Å². The predicted molar refractivity (Wildman–Crippen MR) is 154 cm³/mol. The van der Waals surface area contributed by atoms with Crippen LogP contribution in [0.1, 0.15) is 27.5 Å². The van der Waals surface area contributed by atoms with Crippen molar-refractivity contribution in [1.29, 1.82) is 0 Å². The number of carbonyl (C=O) groups excluding carboxylic acids is 1. The molecule has 4 heterocycles. The van der Waals surface area contributed by atoms with E-state index in [1.807, 2.05) is 60.7 Å². The second kappa shape index (κ2) is 8.74. The van der Waals surface area contributed by atoms with Gasteiger partial charge in [-0.25, -0.2) is 9.97 Å². The van der Waals surface area contributed by atoms with Crippen molar-refractivity contribution in [3.63, 3.8) is 0 Å². The topological polar surface area (TPSA) is 96.7 Å². The number of aromatic nitrogens is 4. The third-order valence-corrected chi connectivity index (χ3v) is 7.50. The first kappa shape index (κ1) is 22.4. The van der Waals surface area contributed by atoms with Gasteiger partial charge in [0.05, 0.1) is 40.6 Å². The van der Waals surface area contributed by atoms with Gasteiger partial charge in [-0.1, -0.05) is 60.7 Å². The van der Waals surface area contributed by atoms with Crippen molar-refractivity contribution in [2.45, 2.75) is 6.04 Å². The molecule has 0 spiro atoms. The fraction of sp³-hybridized carbons (Fsp3) is 0.0303. The number of fused-ring (bicyclic) bond motifs is 5. The SMILES string of the molecule is O=C(NC1c2ccccc2-c2c(-c3nc4ccncc4[nH]3)cccc21)c1cc(-c2ccco2)nc2ccccc12. The summed E-state index contributed by atoms with van der Waals surface area (Å²) in [5.74, 6) is 1.20. The van der Waals surface area contributed by atoms with Crippen LogP contribution in [-0.2, 0) is 0 Å². The maximum Gasteiger partial charge on any atom is 0.252 e. The van der Waals surface area contributed by atoms with Crippen molar-refractivity contribution in [3.8, 4) is 34.0 Å². The number of rotatable bonds is 4. The Kier molecular flexibility index (Phi) is 4.90. The monoisotopic (exact) mass is 519 g/mol. The molecule has 0 saturated carbocycles. The van der Waals surface area contributed by atoms with Crippen molar-refractivity contribution < 1.29 is 9.21 Å². The lowest BCUT2D eigenvalue weighted by atomic mass is 9.98. The first-order valence-corrected chi connectivity index (χ1v) is 13.0. The molecule has 4 aromatic heterocycles. The fourth-order valence-corrected chi connectivity index (χ4v) is 5.72. The second-order valence-corrected chi connectivity index (χ2v) is 9.79. The molecule has 3 aromatic carbocycles. The van der Waals surface area contributed by atoms with E-state index in [2.05, 4.69) is 39.6 Å². The number of H-pyrrole nitrogens is 1. The maximum atomic E-state index is 14.0. The number of hydrogen-bond donors (Lipinski definition) is 2. The van der Waals surface area contributed by atoms with E-state index < -0.39 is 0 Å². The first-order chi connectivity index (χ1) is 19.7. The minimum Gasteiger partial charge on any atom is -0.463 e. The number of carbonyl (C=O) groups is 1. The number of aromatic amines is 1. The highest BCUT2D eigenvalue weighted by Crippen LogP contribution is 2.47. The van der Waals surface area contributed by atoms with E-state index in [9.17, 15) is 4.79 Å². The summed E-state index contributed by atoms with van der Waals surface area (Å²) in [5.41, 5.74) is 8.81. The van der Waals surface area contributed by atoms with Gasteiger partial charge in [-0.05, 0) is 52.6 Å². The summed E-state index contributed by atoms with van der Waals surface area (Å²) in [6, 6.07) is 29.1. The second-order valence-electron chi connectivity index (χ2n) is 9.79. The molecule has 1 amide bonds. The average Bonchev–Trinajstić information content (AvgIpc) is 3.75. The number of nitrogens with zero attached hydrogens (tertiary/aromatic N) is 3. The molecule has 7 nitrogen and oxygen atoms in total. The molecule has 8 rings (SSSR count). The van der Waals surface area contributed by atoms with Crippen molar-refractivity contribution >= 4 is 27.8 Å². The van der Waals surface area contributed by atoms with Crippen LogP contribution in [0.5, 0.6) is 0 Å². The van der Waals surface area contributed by atoms with Crippen LogP contribution in [0.2, 0.25) is 0 Å². The number of furan rings is 1. The highest BCUT2D eigenvalue weighted by Gasteiger charge is 2.33. The lowest BCUT2D eigenvalue weighted by Crippen LogP contribution is -2.28. The summed E-state index contributed by atoms with van der Waals surface area (Å²) < 4.78 is 5.60. The minimum atomic E-state index is -0.330. The lowest BCUT2D eigenvalue weighted by molar-refractivity contribution is 0.0945. The van der Waals surface area contributed by atoms with Crippen molar-refractivity contribution in [2.24, 2.45) is 0 Å². The third-order valence-electron chi connectivity index (χ3n) is 7.50. The van der Waals surface area contributed by atoms with Gasteiger partial charge in [0.2, 0.25) is 0 Å². The van der Waals surface area contributed by atoms with E-state index in [4.69, 9.17) is 14.4 Å². The van der Waals surface area contributed by atoms with Gasteiger partial charge >= 0.3 is 0 Å². The molecule has 1 aliphatic rings. The Morgan fingerprint density at radius 3 is 2.58 bits per heavy atom. The molecular weight excluding hydrogens is 498 g/mol. The standard InChI is InChI=1S/C33H21N5O2/c39-33(24-17-27(29-13-6-16-40-29)35-25-12-4-3-7-19(24)25)38-31-21-9-2-1-8-20(21)30-22(31)10-5-11-23(30)32-36-26-14-15-34-18-28(26)37-32/h1-18,31H,(H,36,37)(H,38,39). The zero-order valence-corrected chi connectivity index (χ0v) is 21.1. The number of benzene rings is 3. The van der Waals surface area contributed by atoms with E-state index in [-0.39, 0.29) is 11.9 Å². The van der Waals surface area contributed by atoms with Gasteiger partial charge in [0.1, 0.15) is 11.5 Å². The molecule has 7 aromatic rings. The minimum absolute atomic E-state index is 0.181. The Labute approximate surface area is 228 Å². The number of hydrogen-bond acceptors (Lipinski definition) is 5. The molecule has 0 aliphatic heterocycles. The highest BCUT2D eigenvalue weighted by atomic mass is 16.3. The van der Waals surface area contributed by atoms with E-state index >= 15 is 0 Å². The molecule has 7 heteroatoms. The zero-order valence-electron chi connectivity index (χ0n) is 21.1. The molecule has 190 valence electrons. The van der Waals surface area contributed by atoms with Gasteiger partial charge in [0.25, 0.3) is 5.91 Å². The summed E-state index contributed by atoms with van der Waals surface area (Å²) in [6.07, 6.45) is 5.12. The molecule has 40 heavy (non-hydrogen) atoms. The molecule has 1 aliphatic carbocycles. The largest absolute Gasteiger partial charge is 0.463 e. The number of pyridine rings is 2. The van der Waals surface area contributed by atoms with Crippen LogP contribution in [0.4, 0.5) is 0 Å². The van der Waals surface area contributed by atoms with Crippen molar-refractivity contribution in [1.82, 2.24) is 25.3 Å². The number of imidazole rings is 1. The van der Waals surface area contributed by atoms with Crippen molar-refractivity contribution in [2.75, 3.05) is 0 Å². The summed E-state index contributed by atoms with van der Waals surface area (Å²) in [7, 11) is 0. The van der Waals surface area contributed by atoms with Gasteiger partial charge in [-0.2, -0.15) is 0 Å². The summed E-state index contributed by atoms with van der Waals surface area (Å²) in [4.78, 5) is 31.2. The van der Waals surface area contributed by atoms with Gasteiger partial charge in [-0.3, -0.25) is 9.78 Å². The third kappa shape index (κ3) is 3.45. The maximum absolute atomic E-state index is 14.0. The Morgan fingerprint density at radius 1 is 0.825 bits per heavy atom. The molecule has 1 atom stereocenters. The van der Waals surface area contributed by atoms with E-state index in [0.717, 1.165) is 55.6 Å². The first-order valence-electron chi connectivity index (χ1n) is 13.0. The predicted octanol–water partition coefficient (Wildman–Crippen LogP) is 6.93. The van der Waals surface area contributed by atoms with Crippen LogP contribution in [0.3, 0.4) is 0 Å². The normalized spacial score (nSPS) is 13.8. The highest BCUT2D eigenvalue weighted by molar-refractivity contribution is 6.08. The summed E-state index contributed by atoms with van der Waals surface area (Å²) >= 11 is 0. The smallest absolute Gasteiger partial charge is 0.252 e. The molecule has 0 radical (unpaired) electrons. The van der Waals surface area contributed by atoms with Gasteiger partial charge in [0, 0.05) is 17.1 Å². The zero-order chi connectivity index (χ0) is 26.6. The van der Waals surface area contributed by atoms with Crippen LogP contribution in [0.25, 0.3) is 55.9 Å². The number of nitrogens with one attached hydrogen (secondary N) is 2. The Hall–Kier alpha value is -5.56. The van der Waals surface area contributed by atoms with E-state index in [1.165, 1.54) is 0 Å². The number of amides is 1. The quantitative estimate of drug-likeness (QED) is 0.263. The van der Waals surface area contributed by atoms with Crippen LogP contribution in [0, 0.1) is 0 Å².